The van der Waals surface area contributed by atoms with Crippen molar-refractivity contribution in [3.8, 4) is 0 Å². The van der Waals surface area contributed by atoms with Gasteiger partial charge in [-0.05, 0) is 26.9 Å². The monoisotopic (exact) mass is 252 g/mol. The minimum Gasteiger partial charge on any atom is -0.385 e. The molecular weight excluding hydrogens is 232 g/mol. The van der Waals surface area contributed by atoms with E-state index in [9.17, 15) is 9.59 Å². The van der Waals surface area contributed by atoms with Crippen LogP contribution in [0.25, 0.3) is 0 Å². The van der Waals surface area contributed by atoms with Crippen molar-refractivity contribution in [1.29, 1.82) is 0 Å². The Kier molecular flexibility index (Phi) is 3.30. The van der Waals surface area contributed by atoms with Crippen LogP contribution in [0.4, 0.5) is 5.82 Å². The van der Waals surface area contributed by atoms with Crippen LogP contribution in [0.1, 0.15) is 25.7 Å². The number of H-pyrrole nitrogens is 1. The number of nitrogens with two attached hydrogens (primary N) is 1. The number of nitrogens with one attached hydrogen (secondary N) is 1. The second-order valence-electron chi connectivity index (χ2n) is 5.28. The Morgan fingerprint density at radius 3 is 2.50 bits per heavy atom. The molecule has 1 fully saturated rings. The largest absolute Gasteiger partial charge is 0.385 e. The first-order valence-electron chi connectivity index (χ1n) is 6.22. The predicted octanol–water partition coefficient (Wildman–Crippen LogP) is -0.00680. The summed E-state index contributed by atoms with van der Waals surface area (Å²) >= 11 is 0. The zero-order valence-corrected chi connectivity index (χ0v) is 10.9. The maximum Gasteiger partial charge on any atom is 0.329 e. The van der Waals surface area contributed by atoms with E-state index in [0.717, 1.165) is 25.7 Å². The average molecular weight is 252 g/mol. The average Bonchev–Trinajstić information content (AvgIpc) is 2.73. The van der Waals surface area contributed by atoms with Gasteiger partial charge in [-0.15, -0.1) is 0 Å². The number of aromatic nitrogens is 2. The third-order valence-corrected chi connectivity index (χ3v) is 4.00. The Hall–Kier alpha value is -1.56. The lowest BCUT2D eigenvalue weighted by molar-refractivity contribution is 0.132. The molecule has 1 aromatic rings. The fraction of sp³-hybridized carbons (Fsp3) is 0.667. The first-order valence-corrected chi connectivity index (χ1v) is 6.22. The summed E-state index contributed by atoms with van der Waals surface area (Å²) in [5, 5.41) is 0. The number of nitrogens with zero attached hydrogens (tertiary/aromatic N) is 2. The molecule has 0 saturated heterocycles. The van der Waals surface area contributed by atoms with Gasteiger partial charge in [0.05, 0.1) is 0 Å². The first-order chi connectivity index (χ1) is 8.44. The van der Waals surface area contributed by atoms with Crippen LogP contribution in [0.5, 0.6) is 0 Å². The Bertz CT molecular complexity index is 538. The van der Waals surface area contributed by atoms with Crippen molar-refractivity contribution in [2.45, 2.75) is 37.8 Å². The van der Waals surface area contributed by atoms with Crippen LogP contribution in [-0.4, -0.2) is 34.1 Å². The highest BCUT2D eigenvalue weighted by atomic mass is 16.2. The van der Waals surface area contributed by atoms with Crippen molar-refractivity contribution in [2.24, 2.45) is 0 Å². The quantitative estimate of drug-likeness (QED) is 0.792. The molecule has 1 aliphatic carbocycles. The molecule has 6 heteroatoms. The molecule has 6 nitrogen and oxygen atoms in total. The minimum absolute atomic E-state index is 0.0316. The van der Waals surface area contributed by atoms with Crippen LogP contribution >= 0.6 is 0 Å². The molecule has 2 rings (SSSR count). The molecule has 100 valence electrons. The molecule has 1 heterocycles. The third kappa shape index (κ3) is 2.20. The molecule has 0 atom stereocenters. The minimum atomic E-state index is -0.445. The summed E-state index contributed by atoms with van der Waals surface area (Å²) in [6.07, 6.45) is 4.42. The van der Waals surface area contributed by atoms with Gasteiger partial charge in [-0.1, -0.05) is 12.8 Å². The highest BCUT2D eigenvalue weighted by molar-refractivity contribution is 5.26. The van der Waals surface area contributed by atoms with Gasteiger partial charge in [0.1, 0.15) is 5.82 Å². The Labute approximate surface area is 105 Å². The Morgan fingerprint density at radius 1 is 1.39 bits per heavy atom. The fourth-order valence-corrected chi connectivity index (χ4v) is 2.78. The summed E-state index contributed by atoms with van der Waals surface area (Å²) in [4.78, 5) is 27.4. The van der Waals surface area contributed by atoms with E-state index in [1.165, 1.54) is 10.6 Å². The molecule has 0 amide bonds. The highest BCUT2D eigenvalue weighted by Crippen LogP contribution is 2.35. The molecule has 0 radical (unpaired) electrons. The van der Waals surface area contributed by atoms with E-state index in [4.69, 9.17) is 5.73 Å². The van der Waals surface area contributed by atoms with Crippen LogP contribution in [0.3, 0.4) is 0 Å². The number of aromatic amines is 1. The summed E-state index contributed by atoms with van der Waals surface area (Å²) in [6, 6.07) is 1.26. The van der Waals surface area contributed by atoms with Crippen molar-refractivity contribution in [3.05, 3.63) is 26.9 Å². The smallest absolute Gasteiger partial charge is 0.329 e. The number of hydrogen-bond donors (Lipinski definition) is 2. The van der Waals surface area contributed by atoms with Crippen LogP contribution in [0.2, 0.25) is 0 Å². The number of anilines is 1. The molecule has 0 spiro atoms. The number of nitrogen functional groups attached to an aromatic ring is 1. The molecule has 18 heavy (non-hydrogen) atoms. The molecule has 0 unspecified atom stereocenters. The van der Waals surface area contributed by atoms with Crippen LogP contribution in [0.15, 0.2) is 15.7 Å². The van der Waals surface area contributed by atoms with Crippen molar-refractivity contribution in [1.82, 2.24) is 14.5 Å². The fourth-order valence-electron chi connectivity index (χ4n) is 2.78. The summed E-state index contributed by atoms with van der Waals surface area (Å²) < 4.78 is 1.46. The van der Waals surface area contributed by atoms with E-state index in [-0.39, 0.29) is 11.4 Å². The maximum absolute atomic E-state index is 11.8. The second kappa shape index (κ2) is 4.61. The van der Waals surface area contributed by atoms with Gasteiger partial charge in [-0.3, -0.25) is 14.3 Å². The van der Waals surface area contributed by atoms with Gasteiger partial charge < -0.3 is 10.6 Å². The molecule has 0 bridgehead atoms. The van der Waals surface area contributed by atoms with Gasteiger partial charge in [-0.2, -0.15) is 0 Å². The topological polar surface area (TPSA) is 84.1 Å². The molecule has 0 aromatic carbocycles. The summed E-state index contributed by atoms with van der Waals surface area (Å²) in [6.45, 7) is 0.529. The molecule has 0 aliphatic heterocycles. The van der Waals surface area contributed by atoms with Crippen molar-refractivity contribution in [3.63, 3.8) is 0 Å². The third-order valence-electron chi connectivity index (χ3n) is 4.00. The van der Waals surface area contributed by atoms with Crippen LogP contribution in [0, 0.1) is 0 Å². The lowest BCUT2D eigenvalue weighted by atomic mass is 9.96. The van der Waals surface area contributed by atoms with E-state index in [2.05, 4.69) is 9.88 Å². The zero-order valence-electron chi connectivity index (χ0n) is 10.9. The van der Waals surface area contributed by atoms with Crippen molar-refractivity contribution >= 4 is 5.82 Å². The van der Waals surface area contributed by atoms with Gasteiger partial charge in [-0.25, -0.2) is 4.79 Å². The number of rotatable bonds is 3. The summed E-state index contributed by atoms with van der Waals surface area (Å²) in [5.74, 6) is 0.233. The highest BCUT2D eigenvalue weighted by Gasteiger charge is 2.36. The molecule has 1 aliphatic rings. The predicted molar refractivity (Wildman–Crippen MR) is 70.6 cm³/mol. The summed E-state index contributed by atoms with van der Waals surface area (Å²) in [7, 11) is 4.05. The van der Waals surface area contributed by atoms with E-state index < -0.39 is 11.2 Å². The van der Waals surface area contributed by atoms with E-state index in [0.29, 0.717) is 6.54 Å². The Morgan fingerprint density at radius 2 is 2.00 bits per heavy atom. The first kappa shape index (κ1) is 12.9. The van der Waals surface area contributed by atoms with Crippen LogP contribution < -0.4 is 17.0 Å². The normalized spacial score (nSPS) is 18.4. The second-order valence-corrected chi connectivity index (χ2v) is 5.28. The Balaban J connectivity index is 2.39. The van der Waals surface area contributed by atoms with E-state index in [1.54, 1.807) is 0 Å². The standard InChI is InChI=1S/C12H20N4O2/c1-15(2)12(5-3-4-6-12)8-16-9(13)7-10(17)14-11(16)18/h7H,3-6,8,13H2,1-2H3,(H,14,17,18). The van der Waals surface area contributed by atoms with Gasteiger partial charge >= 0.3 is 5.69 Å². The maximum atomic E-state index is 11.8. The number of likely N-dealkylation sites (N-methyl/N-ethyl adjacent to an activating group) is 1. The van der Waals surface area contributed by atoms with Gasteiger partial charge in [0.15, 0.2) is 0 Å². The van der Waals surface area contributed by atoms with E-state index >= 15 is 0 Å². The van der Waals surface area contributed by atoms with E-state index in [1.807, 2.05) is 14.1 Å². The van der Waals surface area contributed by atoms with Crippen LogP contribution in [-0.2, 0) is 6.54 Å². The lowest BCUT2D eigenvalue weighted by Crippen LogP contribution is -2.48. The molecule has 1 saturated carbocycles. The van der Waals surface area contributed by atoms with Crippen molar-refractivity contribution < 1.29 is 0 Å². The number of hydrogen-bond acceptors (Lipinski definition) is 4. The summed E-state index contributed by atoms with van der Waals surface area (Å²) in [5.41, 5.74) is 4.88. The van der Waals surface area contributed by atoms with Crippen molar-refractivity contribution in [2.75, 3.05) is 19.8 Å². The molecular formula is C12H20N4O2. The molecule has 1 aromatic heterocycles. The van der Waals surface area contributed by atoms with Gasteiger partial charge in [0, 0.05) is 18.2 Å². The zero-order chi connectivity index (χ0) is 13.3. The van der Waals surface area contributed by atoms with Gasteiger partial charge in [0.2, 0.25) is 0 Å². The SMILES string of the molecule is CN(C)C1(Cn2c(N)cc(=O)[nH]c2=O)CCCC1. The van der Waals surface area contributed by atoms with Gasteiger partial charge in [0.25, 0.3) is 5.56 Å². The lowest BCUT2D eigenvalue weighted by Gasteiger charge is -2.37. The molecule has 3 N–H and O–H groups in total.